The fourth-order valence-corrected chi connectivity index (χ4v) is 1.87. The molecule has 0 N–H and O–H groups in total. The second-order valence-electron chi connectivity index (χ2n) is 3.56. The SMILES string of the molecule is COC(=O)c1ccc(C(=O)CS(C)(=O)=O)cc1. The van der Waals surface area contributed by atoms with E-state index in [1.807, 2.05) is 0 Å². The van der Waals surface area contributed by atoms with Crippen LogP contribution in [0.1, 0.15) is 20.7 Å². The number of rotatable bonds is 4. The first-order chi connectivity index (χ1) is 7.83. The molecule has 92 valence electrons. The highest BCUT2D eigenvalue weighted by molar-refractivity contribution is 7.91. The van der Waals surface area contributed by atoms with Crippen molar-refractivity contribution in [1.29, 1.82) is 0 Å². The number of methoxy groups -OCH3 is 1. The summed E-state index contributed by atoms with van der Waals surface area (Å²) in [5, 5.41) is 0. The largest absolute Gasteiger partial charge is 0.465 e. The molecule has 1 rings (SSSR count). The first-order valence-electron chi connectivity index (χ1n) is 4.73. The standard InChI is InChI=1S/C11H12O5S/c1-16-11(13)9-5-3-8(4-6-9)10(12)7-17(2,14)15/h3-6H,7H2,1-2H3. The van der Waals surface area contributed by atoms with Crippen LogP contribution in [0.25, 0.3) is 0 Å². The second kappa shape index (κ2) is 5.09. The van der Waals surface area contributed by atoms with E-state index in [0.717, 1.165) is 6.26 Å². The molecule has 17 heavy (non-hydrogen) atoms. The van der Waals surface area contributed by atoms with Gasteiger partial charge >= 0.3 is 5.97 Å². The third-order valence-corrected chi connectivity index (χ3v) is 2.81. The van der Waals surface area contributed by atoms with Crippen LogP contribution in [0.4, 0.5) is 0 Å². The van der Waals surface area contributed by atoms with Gasteiger partial charge < -0.3 is 4.74 Å². The number of Topliss-reactive ketones (excluding diaryl/α,β-unsaturated/α-hetero) is 1. The Kier molecular flexibility index (Phi) is 4.01. The highest BCUT2D eigenvalue weighted by Gasteiger charge is 2.14. The van der Waals surface area contributed by atoms with Gasteiger partial charge in [-0.2, -0.15) is 0 Å². The highest BCUT2D eigenvalue weighted by Crippen LogP contribution is 2.07. The minimum absolute atomic E-state index is 0.253. The van der Waals surface area contributed by atoms with Gasteiger partial charge in [0.05, 0.1) is 12.7 Å². The van der Waals surface area contributed by atoms with Crippen molar-refractivity contribution in [2.24, 2.45) is 0 Å². The van der Waals surface area contributed by atoms with E-state index in [-0.39, 0.29) is 5.56 Å². The van der Waals surface area contributed by atoms with Gasteiger partial charge in [-0.1, -0.05) is 12.1 Å². The Morgan fingerprint density at radius 2 is 1.59 bits per heavy atom. The Morgan fingerprint density at radius 1 is 1.12 bits per heavy atom. The Balaban J connectivity index is 2.88. The molecular weight excluding hydrogens is 244 g/mol. The van der Waals surface area contributed by atoms with Crippen molar-refractivity contribution < 1.29 is 22.7 Å². The molecule has 1 aromatic carbocycles. The lowest BCUT2D eigenvalue weighted by molar-refractivity contribution is 0.0600. The quantitative estimate of drug-likeness (QED) is 0.585. The predicted octanol–water partition coefficient (Wildman–Crippen LogP) is 0.701. The predicted molar refractivity (Wildman–Crippen MR) is 61.8 cm³/mol. The van der Waals surface area contributed by atoms with Crippen LogP contribution >= 0.6 is 0 Å². The van der Waals surface area contributed by atoms with E-state index in [0.29, 0.717) is 5.56 Å². The van der Waals surface area contributed by atoms with E-state index < -0.39 is 27.3 Å². The van der Waals surface area contributed by atoms with E-state index in [1.54, 1.807) is 0 Å². The molecule has 0 aliphatic rings. The summed E-state index contributed by atoms with van der Waals surface area (Å²) >= 11 is 0. The van der Waals surface area contributed by atoms with Crippen molar-refractivity contribution in [2.45, 2.75) is 0 Å². The number of esters is 1. The molecule has 1 aromatic rings. The summed E-state index contributed by atoms with van der Waals surface area (Å²) in [7, 11) is -2.09. The summed E-state index contributed by atoms with van der Waals surface area (Å²) in [4.78, 5) is 22.6. The molecule has 0 spiro atoms. The molecule has 0 saturated heterocycles. The molecule has 0 unspecified atom stereocenters. The van der Waals surface area contributed by atoms with Crippen LogP contribution in [0.3, 0.4) is 0 Å². The van der Waals surface area contributed by atoms with Crippen LogP contribution < -0.4 is 0 Å². The molecule has 0 aliphatic heterocycles. The number of ether oxygens (including phenoxy) is 1. The number of hydrogen-bond acceptors (Lipinski definition) is 5. The molecule has 0 heterocycles. The van der Waals surface area contributed by atoms with E-state index in [2.05, 4.69) is 4.74 Å². The molecule has 0 bridgehead atoms. The van der Waals surface area contributed by atoms with Gasteiger partial charge in [-0.25, -0.2) is 13.2 Å². The van der Waals surface area contributed by atoms with Gasteiger partial charge in [0, 0.05) is 11.8 Å². The van der Waals surface area contributed by atoms with Crippen LogP contribution in [0.5, 0.6) is 0 Å². The number of ketones is 1. The first kappa shape index (κ1) is 13.4. The van der Waals surface area contributed by atoms with Crippen molar-refractivity contribution >= 4 is 21.6 Å². The van der Waals surface area contributed by atoms with Crippen LogP contribution in [-0.4, -0.2) is 39.3 Å². The Bertz CT molecular complexity index is 527. The molecule has 5 nitrogen and oxygen atoms in total. The number of carbonyl (C=O) groups is 2. The number of benzene rings is 1. The van der Waals surface area contributed by atoms with Gasteiger partial charge in [-0.3, -0.25) is 4.79 Å². The maximum atomic E-state index is 11.5. The van der Waals surface area contributed by atoms with Gasteiger partial charge in [0.15, 0.2) is 15.6 Å². The van der Waals surface area contributed by atoms with Crippen LogP contribution in [0, 0.1) is 0 Å². The van der Waals surface area contributed by atoms with Crippen molar-refractivity contribution in [1.82, 2.24) is 0 Å². The third kappa shape index (κ3) is 3.99. The lowest BCUT2D eigenvalue weighted by Gasteiger charge is -2.01. The number of hydrogen-bond donors (Lipinski definition) is 0. The third-order valence-electron chi connectivity index (χ3n) is 2.02. The van der Waals surface area contributed by atoms with Gasteiger partial charge in [-0.15, -0.1) is 0 Å². The second-order valence-corrected chi connectivity index (χ2v) is 5.70. The maximum Gasteiger partial charge on any atom is 0.337 e. The normalized spacial score (nSPS) is 10.9. The van der Waals surface area contributed by atoms with E-state index in [4.69, 9.17) is 0 Å². The summed E-state index contributed by atoms with van der Waals surface area (Å²) in [6.45, 7) is 0. The Labute approximate surface area is 99.3 Å². The number of carbonyl (C=O) groups excluding carboxylic acids is 2. The van der Waals surface area contributed by atoms with Gasteiger partial charge in [0.2, 0.25) is 0 Å². The summed E-state index contributed by atoms with van der Waals surface area (Å²) in [6.07, 6.45) is 0.994. The average molecular weight is 256 g/mol. The molecule has 0 aromatic heterocycles. The maximum absolute atomic E-state index is 11.5. The minimum atomic E-state index is -3.34. The summed E-state index contributed by atoms with van der Waals surface area (Å²) < 4.78 is 26.4. The monoisotopic (exact) mass is 256 g/mol. The molecule has 0 radical (unpaired) electrons. The zero-order valence-electron chi connectivity index (χ0n) is 9.47. The summed E-state index contributed by atoms with van der Waals surface area (Å²) in [5.41, 5.74) is 0.562. The molecule has 0 saturated carbocycles. The van der Waals surface area contributed by atoms with E-state index in [9.17, 15) is 18.0 Å². The first-order valence-corrected chi connectivity index (χ1v) is 6.79. The van der Waals surface area contributed by atoms with E-state index in [1.165, 1.54) is 31.4 Å². The fraction of sp³-hybridized carbons (Fsp3) is 0.273. The van der Waals surface area contributed by atoms with Gasteiger partial charge in [-0.05, 0) is 12.1 Å². The lowest BCUT2D eigenvalue weighted by atomic mass is 10.1. The molecule has 0 aliphatic carbocycles. The van der Waals surface area contributed by atoms with Crippen molar-refractivity contribution in [3.8, 4) is 0 Å². The highest BCUT2D eigenvalue weighted by atomic mass is 32.2. The topological polar surface area (TPSA) is 77.5 Å². The molecule has 0 atom stereocenters. The minimum Gasteiger partial charge on any atom is -0.465 e. The number of sulfone groups is 1. The van der Waals surface area contributed by atoms with Crippen molar-refractivity contribution in [3.63, 3.8) is 0 Å². The fourth-order valence-electron chi connectivity index (χ4n) is 1.23. The zero-order valence-corrected chi connectivity index (χ0v) is 10.3. The Hall–Kier alpha value is -1.69. The zero-order chi connectivity index (χ0) is 13.1. The summed E-state index contributed by atoms with van der Waals surface area (Å²) in [6, 6.07) is 5.64. The van der Waals surface area contributed by atoms with Crippen LogP contribution in [0.15, 0.2) is 24.3 Å². The average Bonchev–Trinajstić information content (AvgIpc) is 2.26. The van der Waals surface area contributed by atoms with Gasteiger partial charge in [0.1, 0.15) is 5.75 Å². The van der Waals surface area contributed by atoms with Crippen molar-refractivity contribution in [2.75, 3.05) is 19.1 Å². The Morgan fingerprint density at radius 3 is 2.00 bits per heavy atom. The van der Waals surface area contributed by atoms with Gasteiger partial charge in [0.25, 0.3) is 0 Å². The van der Waals surface area contributed by atoms with Crippen LogP contribution in [-0.2, 0) is 14.6 Å². The summed E-state index contributed by atoms with van der Waals surface area (Å²) in [5.74, 6) is -1.54. The molecule has 0 fully saturated rings. The molecular formula is C11H12O5S. The van der Waals surface area contributed by atoms with Crippen LogP contribution in [0.2, 0.25) is 0 Å². The molecule has 6 heteroatoms. The smallest absolute Gasteiger partial charge is 0.337 e. The lowest BCUT2D eigenvalue weighted by Crippen LogP contribution is -2.14. The van der Waals surface area contributed by atoms with Crippen molar-refractivity contribution in [3.05, 3.63) is 35.4 Å². The van der Waals surface area contributed by atoms with E-state index >= 15 is 0 Å². The molecule has 0 amide bonds.